The number of hydrogen-bond donors (Lipinski definition) is 0. The summed E-state index contributed by atoms with van der Waals surface area (Å²) >= 11 is 0. The van der Waals surface area contributed by atoms with Gasteiger partial charge in [0.05, 0.1) is 7.11 Å². The van der Waals surface area contributed by atoms with E-state index in [0.717, 1.165) is 0 Å². The molecule has 3 heteroatoms. The van der Waals surface area contributed by atoms with E-state index in [-0.39, 0.29) is 23.6 Å². The van der Waals surface area contributed by atoms with E-state index in [9.17, 15) is 9.59 Å². The summed E-state index contributed by atoms with van der Waals surface area (Å²) in [5, 5.41) is 0. The monoisotopic (exact) mass is 172 g/mol. The number of ketones is 1. The molecule has 0 spiro atoms. The van der Waals surface area contributed by atoms with Gasteiger partial charge in [0.15, 0.2) is 0 Å². The molecule has 0 bridgehead atoms. The Hall–Kier alpha value is -0.860. The number of hydrogen-bond acceptors (Lipinski definition) is 3. The highest BCUT2D eigenvalue weighted by atomic mass is 16.5. The molecule has 0 aromatic heterocycles. The first kappa shape index (κ1) is 11.1. The van der Waals surface area contributed by atoms with Crippen molar-refractivity contribution in [3.8, 4) is 0 Å². The Bertz CT molecular complexity index is 175. The quantitative estimate of drug-likeness (QED) is 0.602. The van der Waals surface area contributed by atoms with Gasteiger partial charge in [-0.1, -0.05) is 13.8 Å². The highest BCUT2D eigenvalue weighted by Crippen LogP contribution is 2.16. The van der Waals surface area contributed by atoms with Crippen molar-refractivity contribution in [3.63, 3.8) is 0 Å². The van der Waals surface area contributed by atoms with Gasteiger partial charge in [0.25, 0.3) is 0 Å². The van der Waals surface area contributed by atoms with Crippen LogP contribution in [-0.4, -0.2) is 18.9 Å². The molecule has 0 radical (unpaired) electrons. The van der Waals surface area contributed by atoms with Crippen LogP contribution < -0.4 is 0 Å². The fraction of sp³-hybridized carbons (Fsp3) is 0.778. The Morgan fingerprint density at radius 3 is 2.17 bits per heavy atom. The molecule has 0 amide bonds. The van der Waals surface area contributed by atoms with Gasteiger partial charge in [-0.05, 0) is 12.8 Å². The zero-order chi connectivity index (χ0) is 9.72. The van der Waals surface area contributed by atoms with Gasteiger partial charge in [-0.25, -0.2) is 0 Å². The van der Waals surface area contributed by atoms with Crippen LogP contribution in [0.15, 0.2) is 0 Å². The van der Waals surface area contributed by atoms with Gasteiger partial charge < -0.3 is 4.74 Å². The molecule has 0 aliphatic heterocycles. The highest BCUT2D eigenvalue weighted by Gasteiger charge is 2.19. The minimum Gasteiger partial charge on any atom is -0.469 e. The molecule has 0 fully saturated rings. The lowest BCUT2D eigenvalue weighted by atomic mass is 9.90. The van der Waals surface area contributed by atoms with Gasteiger partial charge in [0, 0.05) is 12.3 Å². The first-order valence-corrected chi connectivity index (χ1v) is 4.06. The topological polar surface area (TPSA) is 43.4 Å². The number of carbonyl (C=O) groups excluding carboxylic acids is 2. The maximum Gasteiger partial charge on any atom is 0.305 e. The van der Waals surface area contributed by atoms with E-state index in [2.05, 4.69) is 4.74 Å². The van der Waals surface area contributed by atoms with Crippen LogP contribution in [0, 0.1) is 11.8 Å². The second-order valence-electron chi connectivity index (χ2n) is 3.16. The Morgan fingerprint density at radius 1 is 1.33 bits per heavy atom. The molecule has 3 nitrogen and oxygen atoms in total. The van der Waals surface area contributed by atoms with Crippen molar-refractivity contribution >= 4 is 11.8 Å². The van der Waals surface area contributed by atoms with Gasteiger partial charge >= 0.3 is 5.97 Å². The predicted molar refractivity (Wildman–Crippen MR) is 45.6 cm³/mol. The Morgan fingerprint density at radius 2 is 1.83 bits per heavy atom. The summed E-state index contributed by atoms with van der Waals surface area (Å²) in [6.07, 6.45) is 0.317. The van der Waals surface area contributed by atoms with Crippen molar-refractivity contribution in [2.45, 2.75) is 27.2 Å². The molecule has 0 rings (SSSR count). The normalized spacial score (nSPS) is 15.0. The van der Waals surface area contributed by atoms with E-state index < -0.39 is 0 Å². The highest BCUT2D eigenvalue weighted by molar-refractivity contribution is 5.79. The third kappa shape index (κ3) is 3.51. The van der Waals surface area contributed by atoms with E-state index in [1.54, 1.807) is 6.92 Å². The Balaban J connectivity index is 3.94. The molecule has 0 aliphatic carbocycles. The third-order valence-corrected chi connectivity index (χ3v) is 2.21. The molecule has 0 heterocycles. The number of Topliss-reactive ketones (excluding diaryl/α,β-unsaturated/α-hetero) is 1. The zero-order valence-corrected chi connectivity index (χ0v) is 8.09. The van der Waals surface area contributed by atoms with Crippen LogP contribution in [0.25, 0.3) is 0 Å². The number of esters is 1. The SMILES string of the molecule is COC(=O)C[C@@H](C)[C@@H](C)C(C)=O. The molecular formula is C9H16O3. The summed E-state index contributed by atoms with van der Waals surface area (Å²) in [6, 6.07) is 0. The number of rotatable bonds is 4. The van der Waals surface area contributed by atoms with Gasteiger partial charge in [0.1, 0.15) is 5.78 Å². The molecule has 0 aromatic carbocycles. The first-order chi connectivity index (χ1) is 5.49. The maximum atomic E-state index is 10.9. The lowest BCUT2D eigenvalue weighted by molar-refractivity contribution is -0.142. The zero-order valence-electron chi connectivity index (χ0n) is 8.09. The molecule has 0 aromatic rings. The van der Waals surface area contributed by atoms with Crippen LogP contribution in [0.1, 0.15) is 27.2 Å². The minimum absolute atomic E-state index is 0.0648. The van der Waals surface area contributed by atoms with E-state index in [1.165, 1.54) is 7.11 Å². The van der Waals surface area contributed by atoms with Gasteiger partial charge in [0.2, 0.25) is 0 Å². The van der Waals surface area contributed by atoms with Crippen LogP contribution in [0.3, 0.4) is 0 Å². The fourth-order valence-electron chi connectivity index (χ4n) is 0.924. The summed E-state index contributed by atoms with van der Waals surface area (Å²) in [7, 11) is 1.35. The summed E-state index contributed by atoms with van der Waals surface area (Å²) in [5.41, 5.74) is 0. The lowest BCUT2D eigenvalue weighted by Crippen LogP contribution is -2.19. The van der Waals surface area contributed by atoms with Crippen molar-refractivity contribution < 1.29 is 14.3 Å². The molecule has 0 saturated heterocycles. The van der Waals surface area contributed by atoms with Crippen LogP contribution in [0.4, 0.5) is 0 Å². The van der Waals surface area contributed by atoms with Crippen LogP contribution in [0.5, 0.6) is 0 Å². The van der Waals surface area contributed by atoms with Crippen molar-refractivity contribution in [1.82, 2.24) is 0 Å². The molecule has 70 valence electrons. The average Bonchev–Trinajstić information content (AvgIpc) is 2.02. The van der Waals surface area contributed by atoms with Gasteiger partial charge in [-0.2, -0.15) is 0 Å². The lowest BCUT2D eigenvalue weighted by Gasteiger charge is -2.15. The standard InChI is InChI=1S/C9H16O3/c1-6(5-9(11)12-4)7(2)8(3)10/h6-7H,5H2,1-4H3/t6-,7-/m1/s1. The molecule has 12 heavy (non-hydrogen) atoms. The summed E-state index contributed by atoms with van der Waals surface area (Å²) in [5.74, 6) is -0.138. The number of methoxy groups -OCH3 is 1. The van der Waals surface area contributed by atoms with Crippen molar-refractivity contribution in [1.29, 1.82) is 0 Å². The molecule has 0 N–H and O–H groups in total. The van der Waals surface area contributed by atoms with Gasteiger partial charge in [-0.3, -0.25) is 9.59 Å². The molecule has 0 saturated carbocycles. The van der Waals surface area contributed by atoms with Crippen molar-refractivity contribution in [3.05, 3.63) is 0 Å². The second-order valence-corrected chi connectivity index (χ2v) is 3.16. The minimum atomic E-state index is -0.254. The summed E-state index contributed by atoms with van der Waals surface area (Å²) < 4.78 is 4.50. The maximum absolute atomic E-state index is 10.9. The summed E-state index contributed by atoms with van der Waals surface area (Å²) in [4.78, 5) is 21.7. The van der Waals surface area contributed by atoms with Gasteiger partial charge in [-0.15, -0.1) is 0 Å². The molecule has 0 unspecified atom stereocenters. The van der Waals surface area contributed by atoms with E-state index in [4.69, 9.17) is 0 Å². The second kappa shape index (κ2) is 4.91. The third-order valence-electron chi connectivity index (χ3n) is 2.21. The fourth-order valence-corrected chi connectivity index (χ4v) is 0.924. The van der Waals surface area contributed by atoms with E-state index >= 15 is 0 Å². The number of carbonyl (C=O) groups is 2. The smallest absolute Gasteiger partial charge is 0.305 e. The molecule has 2 atom stereocenters. The molecular weight excluding hydrogens is 156 g/mol. The van der Waals surface area contributed by atoms with E-state index in [0.29, 0.717) is 6.42 Å². The predicted octanol–water partition coefficient (Wildman–Crippen LogP) is 1.41. The van der Waals surface area contributed by atoms with E-state index in [1.807, 2.05) is 13.8 Å². The van der Waals surface area contributed by atoms with Crippen LogP contribution in [-0.2, 0) is 14.3 Å². The van der Waals surface area contributed by atoms with Crippen molar-refractivity contribution in [2.75, 3.05) is 7.11 Å². The average molecular weight is 172 g/mol. The summed E-state index contributed by atoms with van der Waals surface area (Å²) in [6.45, 7) is 5.25. The van der Waals surface area contributed by atoms with Crippen molar-refractivity contribution in [2.24, 2.45) is 11.8 Å². The Kier molecular flexibility index (Phi) is 4.55. The Labute approximate surface area is 73.1 Å². The molecule has 0 aliphatic rings. The largest absolute Gasteiger partial charge is 0.469 e. The van der Waals surface area contributed by atoms with Crippen LogP contribution >= 0.6 is 0 Å². The number of ether oxygens (including phenoxy) is 1. The van der Waals surface area contributed by atoms with Crippen LogP contribution in [0.2, 0.25) is 0 Å². The first-order valence-electron chi connectivity index (χ1n) is 4.06.